The molecule has 2 aromatic rings. The quantitative estimate of drug-likeness (QED) is 0.840. The van der Waals surface area contributed by atoms with Crippen LogP contribution in [0.5, 0.6) is 5.75 Å². The molecule has 3 heteroatoms. The van der Waals surface area contributed by atoms with Crippen molar-refractivity contribution in [1.82, 2.24) is 9.78 Å². The second-order valence-corrected chi connectivity index (χ2v) is 5.07. The summed E-state index contributed by atoms with van der Waals surface area (Å²) >= 11 is 0. The van der Waals surface area contributed by atoms with Gasteiger partial charge in [-0.3, -0.25) is 4.68 Å². The summed E-state index contributed by atoms with van der Waals surface area (Å²) in [7, 11) is 0. The van der Waals surface area contributed by atoms with Crippen molar-refractivity contribution in [1.29, 1.82) is 0 Å². The largest absolute Gasteiger partial charge is 0.488 e. The van der Waals surface area contributed by atoms with E-state index in [-0.39, 0.29) is 6.10 Å². The third-order valence-corrected chi connectivity index (χ3v) is 3.73. The first-order valence-electron chi connectivity index (χ1n) is 7.10. The van der Waals surface area contributed by atoms with Crippen LogP contribution in [0.3, 0.4) is 0 Å². The Kier molecular flexibility index (Phi) is 3.28. The maximum Gasteiger partial charge on any atom is 0.123 e. The molecule has 1 atom stereocenters. The van der Waals surface area contributed by atoms with Crippen LogP contribution < -0.4 is 4.74 Å². The van der Waals surface area contributed by atoms with Gasteiger partial charge in [-0.15, -0.1) is 0 Å². The number of para-hydroxylation sites is 1. The maximum atomic E-state index is 5.99. The molecule has 0 saturated heterocycles. The van der Waals surface area contributed by atoms with Crippen molar-refractivity contribution >= 4 is 0 Å². The van der Waals surface area contributed by atoms with Crippen LogP contribution >= 0.6 is 0 Å². The number of nitrogens with zero attached hydrogens (tertiary/aromatic N) is 2. The Hall–Kier alpha value is -1.77. The van der Waals surface area contributed by atoms with E-state index in [1.54, 1.807) is 0 Å². The lowest BCUT2D eigenvalue weighted by Crippen LogP contribution is -2.22. The third-order valence-electron chi connectivity index (χ3n) is 3.73. The first kappa shape index (κ1) is 12.3. The Morgan fingerprint density at radius 1 is 1.26 bits per heavy atom. The van der Waals surface area contributed by atoms with Gasteiger partial charge in [0, 0.05) is 12.1 Å². The molecule has 0 amide bonds. The topological polar surface area (TPSA) is 27.1 Å². The third kappa shape index (κ3) is 2.37. The summed E-state index contributed by atoms with van der Waals surface area (Å²) in [6.07, 6.45) is 3.21. The molecule has 0 fully saturated rings. The van der Waals surface area contributed by atoms with Gasteiger partial charge in [0.1, 0.15) is 11.9 Å². The van der Waals surface area contributed by atoms with E-state index in [1.165, 1.54) is 17.0 Å². The highest BCUT2D eigenvalue weighted by Crippen LogP contribution is 2.28. The zero-order chi connectivity index (χ0) is 13.2. The Balaban J connectivity index is 1.75. The maximum absolute atomic E-state index is 5.99. The van der Waals surface area contributed by atoms with Crippen molar-refractivity contribution in [2.75, 3.05) is 0 Å². The Bertz CT molecular complexity index is 549. The molecule has 1 aromatic carbocycles. The summed E-state index contributed by atoms with van der Waals surface area (Å²) in [5, 5.41) is 4.66. The summed E-state index contributed by atoms with van der Waals surface area (Å²) in [6, 6.07) is 10.5. The fraction of sp³-hybridized carbons (Fsp3) is 0.438. The van der Waals surface area contributed by atoms with Gasteiger partial charge in [0.25, 0.3) is 0 Å². The van der Waals surface area contributed by atoms with Crippen molar-refractivity contribution in [3.63, 3.8) is 0 Å². The molecule has 2 heterocycles. The van der Waals surface area contributed by atoms with Gasteiger partial charge in [-0.05, 0) is 30.5 Å². The first-order chi connectivity index (χ1) is 9.30. The van der Waals surface area contributed by atoms with Gasteiger partial charge in [-0.2, -0.15) is 5.10 Å². The highest BCUT2D eigenvalue weighted by atomic mass is 16.5. The van der Waals surface area contributed by atoms with E-state index in [2.05, 4.69) is 47.9 Å². The fourth-order valence-electron chi connectivity index (χ4n) is 2.68. The average Bonchev–Trinajstić information content (AvgIpc) is 3.01. The first-order valence-corrected chi connectivity index (χ1v) is 7.10. The summed E-state index contributed by atoms with van der Waals surface area (Å²) in [6.45, 7) is 5.17. The molecule has 0 spiro atoms. The van der Waals surface area contributed by atoms with Crippen LogP contribution in [0.15, 0.2) is 30.3 Å². The minimum absolute atomic E-state index is 0.215. The van der Waals surface area contributed by atoms with Crippen LogP contribution in [0.2, 0.25) is 0 Å². The summed E-state index contributed by atoms with van der Waals surface area (Å²) in [5.41, 5.74) is 3.79. The van der Waals surface area contributed by atoms with Gasteiger partial charge in [0.05, 0.1) is 12.2 Å². The number of aryl methyl sites for hydroxylation is 2. The number of fused-ring (bicyclic) bond motifs is 1. The van der Waals surface area contributed by atoms with E-state index in [1.807, 2.05) is 6.07 Å². The highest BCUT2D eigenvalue weighted by molar-refractivity contribution is 5.37. The fourth-order valence-corrected chi connectivity index (χ4v) is 2.68. The van der Waals surface area contributed by atoms with Crippen LogP contribution in [-0.4, -0.2) is 15.9 Å². The molecule has 0 saturated carbocycles. The molecule has 1 aromatic heterocycles. The summed E-state index contributed by atoms with van der Waals surface area (Å²) in [5.74, 6) is 1.04. The molecule has 3 nitrogen and oxygen atoms in total. The van der Waals surface area contributed by atoms with E-state index < -0.39 is 0 Å². The molecular formula is C16H20N2O. The second kappa shape index (κ2) is 5.08. The summed E-state index contributed by atoms with van der Waals surface area (Å²) < 4.78 is 8.11. The number of benzene rings is 1. The molecular weight excluding hydrogens is 236 g/mol. The van der Waals surface area contributed by atoms with E-state index in [0.717, 1.165) is 31.6 Å². The molecule has 0 bridgehead atoms. The van der Waals surface area contributed by atoms with Crippen molar-refractivity contribution in [2.45, 2.75) is 45.8 Å². The highest BCUT2D eigenvalue weighted by Gasteiger charge is 2.23. The molecule has 100 valence electrons. The van der Waals surface area contributed by atoms with Gasteiger partial charge < -0.3 is 4.74 Å². The normalized spacial score (nSPS) is 17.3. The van der Waals surface area contributed by atoms with Gasteiger partial charge in [0.2, 0.25) is 0 Å². The summed E-state index contributed by atoms with van der Waals surface area (Å²) in [4.78, 5) is 0. The van der Waals surface area contributed by atoms with E-state index in [9.17, 15) is 0 Å². The Morgan fingerprint density at radius 2 is 2.11 bits per heavy atom. The smallest absolute Gasteiger partial charge is 0.123 e. The van der Waals surface area contributed by atoms with Crippen molar-refractivity contribution < 1.29 is 4.74 Å². The zero-order valence-corrected chi connectivity index (χ0v) is 11.6. The van der Waals surface area contributed by atoms with Crippen LogP contribution in [-0.2, 0) is 25.8 Å². The van der Waals surface area contributed by atoms with E-state index in [4.69, 9.17) is 4.74 Å². The number of hydrogen-bond donors (Lipinski definition) is 0. The van der Waals surface area contributed by atoms with Crippen LogP contribution in [0.25, 0.3) is 0 Å². The van der Waals surface area contributed by atoms with Gasteiger partial charge >= 0.3 is 0 Å². The standard InChI is InChI=1S/C16H20N2O/c1-3-13-10-14(4-2)18(17-13)11-15-9-12-7-5-6-8-16(12)19-15/h5-8,10,15H,3-4,9,11H2,1-2H3. The van der Waals surface area contributed by atoms with Crippen LogP contribution in [0.4, 0.5) is 0 Å². The van der Waals surface area contributed by atoms with Gasteiger partial charge in [-0.25, -0.2) is 0 Å². The second-order valence-electron chi connectivity index (χ2n) is 5.07. The lowest BCUT2D eigenvalue weighted by atomic mass is 10.1. The van der Waals surface area contributed by atoms with Gasteiger partial charge in [-0.1, -0.05) is 32.0 Å². The predicted molar refractivity (Wildman–Crippen MR) is 75.5 cm³/mol. The minimum atomic E-state index is 0.215. The van der Waals surface area contributed by atoms with Crippen LogP contribution in [0.1, 0.15) is 30.8 Å². The molecule has 1 aliphatic rings. The SMILES string of the molecule is CCc1cc(CC)n(CC2Cc3ccccc3O2)n1. The Morgan fingerprint density at radius 3 is 2.84 bits per heavy atom. The lowest BCUT2D eigenvalue weighted by Gasteiger charge is -2.12. The molecule has 0 N–H and O–H groups in total. The van der Waals surface area contributed by atoms with E-state index in [0.29, 0.717) is 0 Å². The monoisotopic (exact) mass is 256 g/mol. The Labute approximate surface area is 114 Å². The number of aromatic nitrogens is 2. The lowest BCUT2D eigenvalue weighted by molar-refractivity contribution is 0.201. The molecule has 1 aliphatic heterocycles. The number of rotatable bonds is 4. The minimum Gasteiger partial charge on any atom is -0.488 e. The predicted octanol–water partition coefficient (Wildman–Crippen LogP) is 3.01. The van der Waals surface area contributed by atoms with Crippen molar-refractivity contribution in [2.24, 2.45) is 0 Å². The van der Waals surface area contributed by atoms with Gasteiger partial charge in [0.15, 0.2) is 0 Å². The molecule has 1 unspecified atom stereocenters. The number of ether oxygens (including phenoxy) is 1. The molecule has 19 heavy (non-hydrogen) atoms. The molecule has 3 rings (SSSR count). The number of hydrogen-bond acceptors (Lipinski definition) is 2. The van der Waals surface area contributed by atoms with Crippen LogP contribution in [0, 0.1) is 0 Å². The zero-order valence-electron chi connectivity index (χ0n) is 11.6. The molecule has 0 radical (unpaired) electrons. The van der Waals surface area contributed by atoms with Crippen molar-refractivity contribution in [3.8, 4) is 5.75 Å². The average molecular weight is 256 g/mol. The van der Waals surface area contributed by atoms with Crippen molar-refractivity contribution in [3.05, 3.63) is 47.3 Å². The molecule has 0 aliphatic carbocycles. The van der Waals surface area contributed by atoms with E-state index >= 15 is 0 Å².